The van der Waals surface area contributed by atoms with Crippen molar-refractivity contribution in [2.45, 2.75) is 27.7 Å². The maximum absolute atomic E-state index is 11.7. The molecule has 0 bridgehead atoms. The van der Waals surface area contributed by atoms with Gasteiger partial charge in [0.25, 0.3) is 5.95 Å². The van der Waals surface area contributed by atoms with Crippen LogP contribution in [0, 0.1) is 19.8 Å². The van der Waals surface area contributed by atoms with E-state index in [1.165, 1.54) is 22.5 Å². The van der Waals surface area contributed by atoms with E-state index in [-0.39, 0.29) is 11.9 Å². The van der Waals surface area contributed by atoms with E-state index in [0.717, 1.165) is 16.2 Å². The zero-order valence-corrected chi connectivity index (χ0v) is 15.0. The Morgan fingerprint density at radius 3 is 2.88 bits per heavy atom. The molecule has 1 aromatic carbocycles. The number of amides is 1. The average Bonchev–Trinajstić information content (AvgIpc) is 3.05. The molecule has 7 heteroatoms. The van der Waals surface area contributed by atoms with E-state index in [0.29, 0.717) is 6.61 Å². The van der Waals surface area contributed by atoms with Crippen molar-refractivity contribution in [2.24, 2.45) is 5.92 Å². The number of nitrogens with zero attached hydrogens (tertiary/aromatic N) is 3. The number of carbonyl (C=O) groups is 1. The number of anilines is 1. The van der Waals surface area contributed by atoms with Crippen molar-refractivity contribution < 1.29 is 9.53 Å². The molecule has 0 spiro atoms. The largest absolute Gasteiger partial charge is 0.449 e. The Hall–Kier alpha value is -2.41. The molecule has 0 saturated heterocycles. The van der Waals surface area contributed by atoms with Gasteiger partial charge in [-0.05, 0) is 25.3 Å². The predicted molar refractivity (Wildman–Crippen MR) is 95.6 cm³/mol. The van der Waals surface area contributed by atoms with Gasteiger partial charge in [-0.15, -0.1) is 16.4 Å². The van der Waals surface area contributed by atoms with Crippen LogP contribution < -0.4 is 5.32 Å². The third-order valence-electron chi connectivity index (χ3n) is 3.50. The molecule has 2 aromatic heterocycles. The number of ether oxygens (including phenoxy) is 1. The zero-order valence-electron chi connectivity index (χ0n) is 14.2. The summed E-state index contributed by atoms with van der Waals surface area (Å²) in [7, 11) is 0. The first kappa shape index (κ1) is 16.4. The monoisotopic (exact) mass is 344 g/mol. The van der Waals surface area contributed by atoms with Gasteiger partial charge >= 0.3 is 6.09 Å². The fourth-order valence-corrected chi connectivity index (χ4v) is 3.21. The zero-order chi connectivity index (χ0) is 17.3. The minimum Gasteiger partial charge on any atom is -0.449 e. The standard InChI is InChI=1S/C17H20N4O2S/c1-10(2)8-23-17(22)19-15-18-16-21(20-15)14(9-24-16)13-6-5-11(3)7-12(13)4/h5-7,9-10H,8H2,1-4H3,(H,19,20,22). The molecule has 3 rings (SSSR count). The minimum atomic E-state index is -0.532. The quantitative estimate of drug-likeness (QED) is 0.767. The summed E-state index contributed by atoms with van der Waals surface area (Å²) in [5.41, 5.74) is 4.46. The number of hydrogen-bond acceptors (Lipinski definition) is 5. The van der Waals surface area contributed by atoms with Gasteiger partial charge in [-0.3, -0.25) is 5.32 Å². The van der Waals surface area contributed by atoms with E-state index in [4.69, 9.17) is 4.74 Å². The second-order valence-electron chi connectivity index (χ2n) is 6.19. The molecule has 0 aliphatic carbocycles. The highest BCUT2D eigenvalue weighted by Crippen LogP contribution is 2.28. The number of nitrogens with one attached hydrogen (secondary N) is 1. The van der Waals surface area contributed by atoms with Gasteiger partial charge in [0.1, 0.15) is 0 Å². The second-order valence-corrected chi connectivity index (χ2v) is 7.02. The van der Waals surface area contributed by atoms with Crippen molar-refractivity contribution in [1.82, 2.24) is 14.6 Å². The van der Waals surface area contributed by atoms with Crippen LogP contribution in [0.5, 0.6) is 0 Å². The van der Waals surface area contributed by atoms with Crippen LogP contribution in [0.15, 0.2) is 23.6 Å². The second kappa shape index (κ2) is 6.60. The van der Waals surface area contributed by atoms with Gasteiger partial charge < -0.3 is 4.74 Å². The van der Waals surface area contributed by atoms with E-state index < -0.39 is 6.09 Å². The normalized spacial score (nSPS) is 11.2. The number of rotatable bonds is 4. The van der Waals surface area contributed by atoms with Gasteiger partial charge in [0.05, 0.1) is 12.3 Å². The number of hydrogen-bond donors (Lipinski definition) is 1. The Labute approximate surface area is 144 Å². The maximum Gasteiger partial charge on any atom is 0.414 e. The molecule has 0 aliphatic heterocycles. The predicted octanol–water partition coefficient (Wildman–Crippen LogP) is 4.28. The molecule has 3 aromatic rings. The molecule has 0 aliphatic rings. The van der Waals surface area contributed by atoms with Crippen molar-refractivity contribution in [3.8, 4) is 11.3 Å². The van der Waals surface area contributed by atoms with Crippen LogP contribution in [-0.2, 0) is 4.74 Å². The summed E-state index contributed by atoms with van der Waals surface area (Å²) in [6.07, 6.45) is -0.532. The summed E-state index contributed by atoms with van der Waals surface area (Å²) in [5.74, 6) is 0.534. The van der Waals surface area contributed by atoms with E-state index in [1.807, 2.05) is 19.2 Å². The summed E-state index contributed by atoms with van der Waals surface area (Å²) in [6, 6.07) is 6.29. The van der Waals surface area contributed by atoms with Crippen LogP contribution in [0.1, 0.15) is 25.0 Å². The highest BCUT2D eigenvalue weighted by molar-refractivity contribution is 7.15. The molecule has 0 saturated carbocycles. The van der Waals surface area contributed by atoms with Crippen molar-refractivity contribution in [3.63, 3.8) is 0 Å². The fraction of sp³-hybridized carbons (Fsp3) is 0.353. The van der Waals surface area contributed by atoms with E-state index in [1.54, 1.807) is 4.52 Å². The molecule has 0 atom stereocenters. The molecule has 1 amide bonds. The summed E-state index contributed by atoms with van der Waals surface area (Å²) < 4.78 is 6.84. The van der Waals surface area contributed by atoms with Gasteiger partial charge in [-0.2, -0.15) is 4.98 Å². The molecule has 24 heavy (non-hydrogen) atoms. The highest BCUT2D eigenvalue weighted by atomic mass is 32.1. The molecular weight excluding hydrogens is 324 g/mol. The Morgan fingerprint density at radius 2 is 2.17 bits per heavy atom. The lowest BCUT2D eigenvalue weighted by atomic mass is 10.0. The summed E-state index contributed by atoms with van der Waals surface area (Å²) in [4.78, 5) is 16.8. The van der Waals surface area contributed by atoms with Gasteiger partial charge in [0.2, 0.25) is 4.96 Å². The Morgan fingerprint density at radius 1 is 1.38 bits per heavy atom. The third-order valence-corrected chi connectivity index (χ3v) is 4.32. The van der Waals surface area contributed by atoms with E-state index >= 15 is 0 Å². The molecule has 1 N–H and O–H groups in total. The number of carbonyl (C=O) groups excluding carboxylic acids is 1. The summed E-state index contributed by atoms with van der Waals surface area (Å²) in [6.45, 7) is 8.47. The van der Waals surface area contributed by atoms with Crippen LogP contribution in [0.25, 0.3) is 16.2 Å². The van der Waals surface area contributed by atoms with Crippen LogP contribution in [0.3, 0.4) is 0 Å². The Balaban J connectivity index is 1.85. The number of thiazole rings is 1. The van der Waals surface area contributed by atoms with Gasteiger partial charge in [0.15, 0.2) is 0 Å². The van der Waals surface area contributed by atoms with Gasteiger partial charge in [-0.1, -0.05) is 37.6 Å². The highest BCUT2D eigenvalue weighted by Gasteiger charge is 2.15. The minimum absolute atomic E-state index is 0.252. The molecule has 6 nitrogen and oxygen atoms in total. The van der Waals surface area contributed by atoms with Crippen molar-refractivity contribution in [3.05, 3.63) is 34.7 Å². The van der Waals surface area contributed by atoms with Gasteiger partial charge in [0, 0.05) is 10.9 Å². The lowest BCUT2D eigenvalue weighted by Gasteiger charge is -2.06. The summed E-state index contributed by atoms with van der Waals surface area (Å²) >= 11 is 1.49. The molecule has 2 heterocycles. The van der Waals surface area contributed by atoms with Crippen molar-refractivity contribution in [2.75, 3.05) is 11.9 Å². The Kier molecular flexibility index (Phi) is 4.53. The number of aromatic nitrogens is 3. The molecule has 0 radical (unpaired) electrons. The number of aryl methyl sites for hydroxylation is 2. The first-order valence-electron chi connectivity index (χ1n) is 7.79. The first-order chi connectivity index (χ1) is 11.4. The SMILES string of the molecule is Cc1ccc(-c2csc3nc(NC(=O)OCC(C)C)nn23)c(C)c1. The van der Waals surface area contributed by atoms with E-state index in [9.17, 15) is 4.79 Å². The topological polar surface area (TPSA) is 68.5 Å². The van der Waals surface area contributed by atoms with E-state index in [2.05, 4.69) is 47.4 Å². The van der Waals surface area contributed by atoms with Gasteiger partial charge in [-0.25, -0.2) is 9.31 Å². The lowest BCUT2D eigenvalue weighted by Crippen LogP contribution is -2.17. The van der Waals surface area contributed by atoms with Crippen LogP contribution >= 0.6 is 11.3 Å². The van der Waals surface area contributed by atoms with Crippen LogP contribution in [0.4, 0.5) is 10.7 Å². The lowest BCUT2D eigenvalue weighted by molar-refractivity contribution is 0.147. The van der Waals surface area contributed by atoms with Crippen LogP contribution in [0.2, 0.25) is 0 Å². The molecule has 126 valence electrons. The molecule has 0 unspecified atom stereocenters. The number of benzene rings is 1. The van der Waals surface area contributed by atoms with Crippen molar-refractivity contribution >= 4 is 28.3 Å². The summed E-state index contributed by atoms with van der Waals surface area (Å²) in [5, 5.41) is 8.98. The first-order valence-corrected chi connectivity index (χ1v) is 8.67. The van der Waals surface area contributed by atoms with Crippen LogP contribution in [-0.4, -0.2) is 27.3 Å². The maximum atomic E-state index is 11.7. The average molecular weight is 344 g/mol. The number of fused-ring (bicyclic) bond motifs is 1. The molecular formula is C17H20N4O2S. The Bertz CT molecular complexity index is 882. The smallest absolute Gasteiger partial charge is 0.414 e. The molecule has 0 fully saturated rings. The van der Waals surface area contributed by atoms with Crippen molar-refractivity contribution in [1.29, 1.82) is 0 Å². The fourth-order valence-electron chi connectivity index (χ4n) is 2.39. The third kappa shape index (κ3) is 3.41.